The Morgan fingerprint density at radius 2 is 1.95 bits per heavy atom. The number of fused-ring (bicyclic) bond motifs is 1. The van der Waals surface area contributed by atoms with Crippen LogP contribution >= 0.6 is 23.2 Å². The number of benzene rings is 1. The molecule has 5 heteroatoms. The molecular weight excluding hydrogens is 295 g/mol. The van der Waals surface area contributed by atoms with Gasteiger partial charge in [0.15, 0.2) is 0 Å². The normalized spacial score (nSPS) is 10.7. The highest BCUT2D eigenvalue weighted by atomic mass is 35.5. The van der Waals surface area contributed by atoms with E-state index in [4.69, 9.17) is 23.2 Å². The van der Waals surface area contributed by atoms with Crippen molar-refractivity contribution in [3.05, 3.63) is 70.2 Å². The zero-order valence-electron chi connectivity index (χ0n) is 10.2. The van der Waals surface area contributed by atoms with Gasteiger partial charge in [-0.1, -0.05) is 41.4 Å². The molecule has 0 bridgehead atoms. The number of halogens is 2. The highest BCUT2D eigenvalue weighted by molar-refractivity contribution is 6.37. The lowest BCUT2D eigenvalue weighted by Gasteiger charge is -2.06. The Labute approximate surface area is 125 Å². The molecule has 3 rings (SSSR count). The summed E-state index contributed by atoms with van der Waals surface area (Å²) in [7, 11) is 0. The monoisotopic (exact) mass is 302 g/mol. The van der Waals surface area contributed by atoms with Crippen molar-refractivity contribution in [1.82, 2.24) is 9.97 Å². The van der Waals surface area contributed by atoms with Crippen LogP contribution < -0.4 is 0 Å². The van der Waals surface area contributed by atoms with Crippen molar-refractivity contribution in [1.29, 1.82) is 0 Å². The summed E-state index contributed by atoms with van der Waals surface area (Å²) in [6.45, 7) is 0. The number of rotatable bonds is 2. The van der Waals surface area contributed by atoms with Gasteiger partial charge in [-0.15, -0.1) is 0 Å². The third kappa shape index (κ3) is 2.26. The van der Waals surface area contributed by atoms with Crippen LogP contribution in [0.5, 0.6) is 0 Å². The van der Waals surface area contributed by atoms with Crippen LogP contribution in [0.1, 0.15) is 16.1 Å². The van der Waals surface area contributed by atoms with Gasteiger partial charge in [0.2, 0.25) is 5.78 Å². The van der Waals surface area contributed by atoms with Crippen LogP contribution in [-0.4, -0.2) is 15.8 Å². The van der Waals surface area contributed by atoms with Gasteiger partial charge in [0.05, 0.1) is 10.0 Å². The number of ketones is 1. The predicted octanol–water partition coefficient (Wildman–Crippen LogP) is 4.17. The maximum atomic E-state index is 12.6. The lowest BCUT2D eigenvalue weighted by atomic mass is 10.0. The molecule has 0 aliphatic carbocycles. The molecule has 0 fully saturated rings. The fraction of sp³-hybridized carbons (Fsp3) is 0. The third-order valence-corrected chi connectivity index (χ3v) is 3.45. The number of hydrogen-bond donors (Lipinski definition) is 0. The lowest BCUT2D eigenvalue weighted by molar-refractivity contribution is 0.103. The molecule has 98 valence electrons. The quantitative estimate of drug-likeness (QED) is 0.667. The molecule has 0 spiro atoms. The van der Waals surface area contributed by atoms with E-state index in [0.717, 1.165) is 10.8 Å². The summed E-state index contributed by atoms with van der Waals surface area (Å²) in [5.41, 5.74) is 0.708. The molecule has 3 nitrogen and oxygen atoms in total. The van der Waals surface area contributed by atoms with E-state index in [0.29, 0.717) is 10.6 Å². The molecule has 1 aromatic carbocycles. The summed E-state index contributed by atoms with van der Waals surface area (Å²) >= 11 is 11.8. The number of pyridine rings is 2. The van der Waals surface area contributed by atoms with E-state index >= 15 is 0 Å². The van der Waals surface area contributed by atoms with E-state index in [9.17, 15) is 4.79 Å². The van der Waals surface area contributed by atoms with Crippen LogP contribution in [0.15, 0.2) is 48.9 Å². The van der Waals surface area contributed by atoms with Gasteiger partial charge in [-0.3, -0.25) is 9.78 Å². The van der Waals surface area contributed by atoms with Gasteiger partial charge >= 0.3 is 0 Å². The molecule has 0 unspecified atom stereocenters. The van der Waals surface area contributed by atoms with Gasteiger partial charge < -0.3 is 0 Å². The first-order valence-corrected chi connectivity index (χ1v) is 6.61. The van der Waals surface area contributed by atoms with E-state index in [-0.39, 0.29) is 16.5 Å². The summed E-state index contributed by atoms with van der Waals surface area (Å²) < 4.78 is 0. The van der Waals surface area contributed by atoms with Gasteiger partial charge in [0.25, 0.3) is 0 Å². The Balaban J connectivity index is 2.18. The Hall–Kier alpha value is -1.97. The summed E-state index contributed by atoms with van der Waals surface area (Å²) in [6, 6.07) is 8.83. The average molecular weight is 303 g/mol. The fourth-order valence-corrected chi connectivity index (χ4v) is 2.49. The molecule has 2 aromatic heterocycles. The van der Waals surface area contributed by atoms with Crippen molar-refractivity contribution in [2.45, 2.75) is 0 Å². The highest BCUT2D eigenvalue weighted by Crippen LogP contribution is 2.24. The van der Waals surface area contributed by atoms with Crippen LogP contribution in [0.4, 0.5) is 0 Å². The van der Waals surface area contributed by atoms with Crippen LogP contribution in [0, 0.1) is 0 Å². The van der Waals surface area contributed by atoms with Crippen molar-refractivity contribution in [2.75, 3.05) is 0 Å². The Bertz CT molecular complexity index is 813. The first-order chi connectivity index (χ1) is 9.66. The number of hydrogen-bond acceptors (Lipinski definition) is 3. The maximum absolute atomic E-state index is 12.6. The van der Waals surface area contributed by atoms with Gasteiger partial charge in [-0.05, 0) is 17.5 Å². The molecule has 0 atom stereocenters. The molecule has 0 saturated carbocycles. The molecule has 0 aliphatic heterocycles. The zero-order valence-corrected chi connectivity index (χ0v) is 11.7. The third-order valence-electron chi connectivity index (χ3n) is 2.95. The fourth-order valence-electron chi connectivity index (χ4n) is 2.02. The van der Waals surface area contributed by atoms with Crippen molar-refractivity contribution < 1.29 is 4.79 Å². The standard InChI is InChI=1S/C15H8Cl2N2O/c16-10-6-13(17)14(19-7-10)15(20)11-3-1-2-9-4-5-18-8-12(9)11/h1-8H. The van der Waals surface area contributed by atoms with Crippen LogP contribution in [-0.2, 0) is 0 Å². The van der Waals surface area contributed by atoms with Gasteiger partial charge in [-0.25, -0.2) is 4.98 Å². The van der Waals surface area contributed by atoms with E-state index in [1.165, 1.54) is 12.3 Å². The molecule has 2 heterocycles. The summed E-state index contributed by atoms with van der Waals surface area (Å²) in [5, 5.41) is 2.35. The van der Waals surface area contributed by atoms with Crippen molar-refractivity contribution in [3.63, 3.8) is 0 Å². The zero-order chi connectivity index (χ0) is 14.1. The molecular formula is C15H8Cl2N2O. The first kappa shape index (κ1) is 13.0. The lowest BCUT2D eigenvalue weighted by Crippen LogP contribution is -2.05. The maximum Gasteiger partial charge on any atom is 0.213 e. The van der Waals surface area contributed by atoms with E-state index < -0.39 is 0 Å². The predicted molar refractivity (Wildman–Crippen MR) is 79.4 cm³/mol. The van der Waals surface area contributed by atoms with E-state index in [1.54, 1.807) is 18.5 Å². The van der Waals surface area contributed by atoms with Crippen molar-refractivity contribution >= 4 is 39.8 Å². The van der Waals surface area contributed by atoms with Gasteiger partial charge in [0, 0.05) is 29.5 Å². The number of nitrogens with zero attached hydrogens (tertiary/aromatic N) is 2. The summed E-state index contributed by atoms with van der Waals surface area (Å²) in [4.78, 5) is 20.7. The molecule has 0 N–H and O–H groups in total. The highest BCUT2D eigenvalue weighted by Gasteiger charge is 2.17. The van der Waals surface area contributed by atoms with E-state index in [2.05, 4.69) is 9.97 Å². The SMILES string of the molecule is O=C(c1ncc(Cl)cc1Cl)c1cccc2ccncc12. The minimum Gasteiger partial charge on any atom is -0.287 e. The second-order valence-electron chi connectivity index (χ2n) is 4.22. The number of aromatic nitrogens is 2. The topological polar surface area (TPSA) is 42.9 Å². The smallest absolute Gasteiger partial charge is 0.213 e. The minimum absolute atomic E-state index is 0.187. The summed E-state index contributed by atoms with van der Waals surface area (Å²) in [6.07, 6.45) is 4.75. The first-order valence-electron chi connectivity index (χ1n) is 5.85. The Morgan fingerprint density at radius 1 is 1.10 bits per heavy atom. The molecule has 3 aromatic rings. The second-order valence-corrected chi connectivity index (χ2v) is 5.06. The minimum atomic E-state index is -0.245. The molecule has 0 saturated heterocycles. The van der Waals surface area contributed by atoms with Crippen molar-refractivity contribution in [3.8, 4) is 0 Å². The van der Waals surface area contributed by atoms with Crippen LogP contribution in [0.3, 0.4) is 0 Å². The van der Waals surface area contributed by atoms with Crippen LogP contribution in [0.2, 0.25) is 10.0 Å². The molecule has 0 amide bonds. The number of carbonyl (C=O) groups excluding carboxylic acids is 1. The van der Waals surface area contributed by atoms with Gasteiger partial charge in [-0.2, -0.15) is 0 Å². The average Bonchev–Trinajstić information content (AvgIpc) is 2.46. The molecule has 0 aliphatic rings. The van der Waals surface area contributed by atoms with Gasteiger partial charge in [0.1, 0.15) is 5.69 Å². The number of carbonyl (C=O) groups is 1. The van der Waals surface area contributed by atoms with E-state index in [1.807, 2.05) is 18.2 Å². The largest absolute Gasteiger partial charge is 0.287 e. The second kappa shape index (κ2) is 5.19. The summed E-state index contributed by atoms with van der Waals surface area (Å²) in [5.74, 6) is -0.245. The Kier molecular flexibility index (Phi) is 3.38. The van der Waals surface area contributed by atoms with Crippen molar-refractivity contribution in [2.24, 2.45) is 0 Å². The van der Waals surface area contributed by atoms with Crippen LogP contribution in [0.25, 0.3) is 10.8 Å². The Morgan fingerprint density at radius 3 is 2.75 bits per heavy atom. The molecule has 0 radical (unpaired) electrons. The molecule has 20 heavy (non-hydrogen) atoms.